The molecule has 1 aromatic heterocycles. The van der Waals surface area contributed by atoms with Crippen LogP contribution >= 0.6 is 0 Å². The predicted molar refractivity (Wildman–Crippen MR) is 141 cm³/mol. The quantitative estimate of drug-likeness (QED) is 0.308. The first-order chi connectivity index (χ1) is 17.6. The minimum Gasteiger partial charge on any atom is -0.497 e. The molecular weight excluding hydrogens is 456 g/mol. The van der Waals surface area contributed by atoms with E-state index in [-0.39, 0.29) is 11.8 Å². The van der Waals surface area contributed by atoms with E-state index in [1.165, 1.54) is 0 Å². The average Bonchev–Trinajstić information content (AvgIpc) is 3.35. The molecule has 0 bridgehead atoms. The van der Waals surface area contributed by atoms with Crippen LogP contribution in [0.5, 0.6) is 23.0 Å². The number of aromatic amines is 1. The number of aromatic nitrogens is 1. The van der Waals surface area contributed by atoms with Crippen molar-refractivity contribution in [3.8, 4) is 23.0 Å². The second-order valence-electron chi connectivity index (χ2n) is 8.45. The number of hydrogen-bond acceptors (Lipinski definition) is 5. The SMILES string of the molecule is COc1ccc(C(CNC(=O)CCc2cc(OC)c(OC)c(OC)c2)c2c[nH]c3ccccc23)cc1. The van der Waals surface area contributed by atoms with Crippen molar-refractivity contribution in [2.75, 3.05) is 35.0 Å². The summed E-state index contributed by atoms with van der Waals surface area (Å²) in [5.74, 6) is 2.44. The predicted octanol–water partition coefficient (Wildman–Crippen LogP) is 5.08. The smallest absolute Gasteiger partial charge is 0.220 e. The minimum absolute atomic E-state index is 0.0165. The van der Waals surface area contributed by atoms with E-state index in [4.69, 9.17) is 18.9 Å². The van der Waals surface area contributed by atoms with Gasteiger partial charge in [0, 0.05) is 36.0 Å². The number of methoxy groups -OCH3 is 4. The normalized spacial score (nSPS) is 11.7. The number of carbonyl (C=O) groups excluding carboxylic acids is 1. The molecule has 7 nitrogen and oxygen atoms in total. The zero-order chi connectivity index (χ0) is 25.5. The third-order valence-corrected chi connectivity index (χ3v) is 6.38. The van der Waals surface area contributed by atoms with Crippen LogP contribution in [-0.2, 0) is 11.2 Å². The third kappa shape index (κ3) is 5.40. The summed E-state index contributed by atoms with van der Waals surface area (Å²) < 4.78 is 21.6. The Kier molecular flexibility index (Phi) is 8.00. The first-order valence-electron chi connectivity index (χ1n) is 11.8. The van der Waals surface area contributed by atoms with Crippen LogP contribution in [0.1, 0.15) is 29.0 Å². The van der Waals surface area contributed by atoms with Gasteiger partial charge in [-0.25, -0.2) is 0 Å². The zero-order valence-corrected chi connectivity index (χ0v) is 21.1. The van der Waals surface area contributed by atoms with Gasteiger partial charge in [-0.15, -0.1) is 0 Å². The van der Waals surface area contributed by atoms with Crippen LogP contribution in [0.4, 0.5) is 0 Å². The van der Waals surface area contributed by atoms with Gasteiger partial charge in [0.25, 0.3) is 0 Å². The van der Waals surface area contributed by atoms with E-state index in [2.05, 4.69) is 22.4 Å². The molecule has 0 radical (unpaired) electrons. The monoisotopic (exact) mass is 488 g/mol. The number of aryl methyl sites for hydroxylation is 1. The standard InChI is InChI=1S/C29H32N2O5/c1-33-21-12-10-20(11-13-21)23(24-18-30-25-8-6-5-7-22(24)25)17-31-28(32)14-9-19-15-26(34-2)29(36-4)27(16-19)35-3/h5-8,10-13,15-16,18,23,30H,9,14,17H2,1-4H3,(H,31,32). The summed E-state index contributed by atoms with van der Waals surface area (Å²) in [4.78, 5) is 16.2. The Balaban J connectivity index is 1.49. The molecule has 36 heavy (non-hydrogen) atoms. The molecule has 4 aromatic rings. The van der Waals surface area contributed by atoms with Crippen molar-refractivity contribution in [1.29, 1.82) is 0 Å². The van der Waals surface area contributed by atoms with E-state index in [0.717, 1.165) is 33.3 Å². The molecule has 7 heteroatoms. The van der Waals surface area contributed by atoms with Crippen LogP contribution in [0.2, 0.25) is 0 Å². The van der Waals surface area contributed by atoms with Gasteiger partial charge in [-0.05, 0) is 53.4 Å². The van der Waals surface area contributed by atoms with Crippen LogP contribution in [0.15, 0.2) is 66.9 Å². The number of carbonyl (C=O) groups is 1. The van der Waals surface area contributed by atoms with Gasteiger partial charge in [0.05, 0.1) is 28.4 Å². The molecule has 2 N–H and O–H groups in total. The lowest BCUT2D eigenvalue weighted by Crippen LogP contribution is -2.29. The Hall–Kier alpha value is -4.13. The fourth-order valence-corrected chi connectivity index (χ4v) is 4.47. The number of fused-ring (bicyclic) bond motifs is 1. The summed E-state index contributed by atoms with van der Waals surface area (Å²) in [7, 11) is 6.39. The molecule has 0 aliphatic carbocycles. The lowest BCUT2D eigenvalue weighted by molar-refractivity contribution is -0.121. The molecule has 1 amide bonds. The molecule has 0 spiro atoms. The summed E-state index contributed by atoms with van der Waals surface area (Å²) in [6.07, 6.45) is 2.91. The number of nitrogens with one attached hydrogen (secondary N) is 2. The van der Waals surface area contributed by atoms with Gasteiger partial charge in [-0.3, -0.25) is 4.79 Å². The van der Waals surface area contributed by atoms with Crippen LogP contribution in [0, 0.1) is 0 Å². The van der Waals surface area contributed by atoms with Gasteiger partial charge < -0.3 is 29.2 Å². The van der Waals surface area contributed by atoms with Crippen LogP contribution in [0.3, 0.4) is 0 Å². The van der Waals surface area contributed by atoms with Gasteiger partial charge in [-0.1, -0.05) is 30.3 Å². The van der Waals surface area contributed by atoms with E-state index in [0.29, 0.717) is 36.6 Å². The van der Waals surface area contributed by atoms with Crippen molar-refractivity contribution in [2.45, 2.75) is 18.8 Å². The Labute approximate surface area is 211 Å². The van der Waals surface area contributed by atoms with E-state index in [9.17, 15) is 4.79 Å². The largest absolute Gasteiger partial charge is 0.497 e. The maximum atomic E-state index is 12.9. The van der Waals surface area contributed by atoms with Gasteiger partial charge in [0.15, 0.2) is 11.5 Å². The number of rotatable bonds is 11. The van der Waals surface area contributed by atoms with Gasteiger partial charge in [0.1, 0.15) is 5.75 Å². The number of H-pyrrole nitrogens is 1. The van der Waals surface area contributed by atoms with Crippen molar-refractivity contribution in [3.63, 3.8) is 0 Å². The summed E-state index contributed by atoms with van der Waals surface area (Å²) >= 11 is 0. The molecule has 188 valence electrons. The van der Waals surface area contributed by atoms with Gasteiger partial charge in [0.2, 0.25) is 11.7 Å². The number of ether oxygens (including phenoxy) is 4. The van der Waals surface area contributed by atoms with Crippen molar-refractivity contribution in [2.24, 2.45) is 0 Å². The van der Waals surface area contributed by atoms with Crippen molar-refractivity contribution < 1.29 is 23.7 Å². The highest BCUT2D eigenvalue weighted by molar-refractivity contribution is 5.84. The second-order valence-corrected chi connectivity index (χ2v) is 8.45. The van der Waals surface area contributed by atoms with E-state index >= 15 is 0 Å². The molecule has 0 aliphatic heterocycles. The van der Waals surface area contributed by atoms with E-state index < -0.39 is 0 Å². The second kappa shape index (κ2) is 11.5. The fourth-order valence-electron chi connectivity index (χ4n) is 4.47. The van der Waals surface area contributed by atoms with E-state index in [1.54, 1.807) is 28.4 Å². The lowest BCUT2D eigenvalue weighted by atomic mass is 9.90. The average molecular weight is 489 g/mol. The maximum absolute atomic E-state index is 12.9. The fraction of sp³-hybridized carbons (Fsp3) is 0.276. The Morgan fingerprint density at radius 1 is 0.889 bits per heavy atom. The molecule has 1 unspecified atom stereocenters. The lowest BCUT2D eigenvalue weighted by Gasteiger charge is -2.19. The third-order valence-electron chi connectivity index (χ3n) is 6.38. The zero-order valence-electron chi connectivity index (χ0n) is 21.1. The molecule has 1 heterocycles. The molecule has 4 rings (SSSR count). The van der Waals surface area contributed by atoms with Crippen LogP contribution in [-0.4, -0.2) is 45.9 Å². The molecule has 0 fully saturated rings. The molecular formula is C29H32N2O5. The highest BCUT2D eigenvalue weighted by atomic mass is 16.5. The summed E-state index contributed by atoms with van der Waals surface area (Å²) in [5.41, 5.74) is 4.24. The molecule has 0 aliphatic rings. The van der Waals surface area contributed by atoms with Gasteiger partial charge >= 0.3 is 0 Å². The maximum Gasteiger partial charge on any atom is 0.220 e. The highest BCUT2D eigenvalue weighted by Crippen LogP contribution is 2.38. The van der Waals surface area contributed by atoms with Crippen LogP contribution in [0.25, 0.3) is 10.9 Å². The molecule has 1 atom stereocenters. The van der Waals surface area contributed by atoms with E-state index in [1.807, 2.05) is 54.7 Å². The molecule has 3 aromatic carbocycles. The number of hydrogen-bond donors (Lipinski definition) is 2. The summed E-state index contributed by atoms with van der Waals surface area (Å²) in [6.45, 7) is 0.474. The summed E-state index contributed by atoms with van der Waals surface area (Å²) in [6, 6.07) is 19.9. The highest BCUT2D eigenvalue weighted by Gasteiger charge is 2.20. The number of para-hydroxylation sites is 1. The van der Waals surface area contributed by atoms with Crippen molar-refractivity contribution in [1.82, 2.24) is 10.3 Å². The Morgan fingerprint density at radius 3 is 2.22 bits per heavy atom. The molecule has 0 saturated heterocycles. The van der Waals surface area contributed by atoms with Gasteiger partial charge in [-0.2, -0.15) is 0 Å². The Bertz CT molecular complexity index is 1290. The minimum atomic E-state index is -0.0258. The van der Waals surface area contributed by atoms with Crippen molar-refractivity contribution in [3.05, 3.63) is 83.6 Å². The summed E-state index contributed by atoms with van der Waals surface area (Å²) in [5, 5.41) is 4.29. The number of amides is 1. The van der Waals surface area contributed by atoms with Crippen LogP contribution < -0.4 is 24.3 Å². The first kappa shape index (κ1) is 25.0. The van der Waals surface area contributed by atoms with Crippen molar-refractivity contribution >= 4 is 16.8 Å². The Morgan fingerprint density at radius 2 is 1.58 bits per heavy atom. The number of benzene rings is 3. The molecule has 0 saturated carbocycles. The topological polar surface area (TPSA) is 81.8 Å². The first-order valence-corrected chi connectivity index (χ1v) is 11.8.